The zero-order valence-electron chi connectivity index (χ0n) is 15.1. The Bertz CT molecular complexity index is 213. The Morgan fingerprint density at radius 3 is 2.00 bits per heavy atom. The number of likely N-dealkylation sites (N-methyl/N-ethyl adjacent to an activating group) is 1. The number of unbranched alkanes of at least 4 members (excludes halogenated alkanes) is 3. The molecule has 122 valence electrons. The summed E-state index contributed by atoms with van der Waals surface area (Å²) >= 11 is 0. The fraction of sp³-hybridized carbons (Fsp3) is 1.00. The summed E-state index contributed by atoms with van der Waals surface area (Å²) in [5, 5.41) is 3.85. The number of hydrogen-bond acceptors (Lipinski definition) is 2. The molecule has 0 heterocycles. The summed E-state index contributed by atoms with van der Waals surface area (Å²) < 4.78 is 0. The molecule has 2 nitrogen and oxygen atoms in total. The van der Waals surface area contributed by atoms with Crippen LogP contribution in [0.3, 0.4) is 0 Å². The van der Waals surface area contributed by atoms with Gasteiger partial charge in [-0.2, -0.15) is 0 Å². The van der Waals surface area contributed by atoms with Crippen molar-refractivity contribution in [2.45, 2.75) is 98.1 Å². The van der Waals surface area contributed by atoms with Gasteiger partial charge in [-0.25, -0.2) is 0 Å². The highest BCUT2D eigenvalue weighted by atomic mass is 15.2. The van der Waals surface area contributed by atoms with Gasteiger partial charge in [0.25, 0.3) is 0 Å². The first-order valence-corrected chi connectivity index (χ1v) is 9.08. The minimum absolute atomic E-state index is 0.297. The third kappa shape index (κ3) is 6.13. The van der Waals surface area contributed by atoms with Crippen molar-refractivity contribution >= 4 is 0 Å². The van der Waals surface area contributed by atoms with E-state index < -0.39 is 0 Å². The van der Waals surface area contributed by atoms with Gasteiger partial charge < -0.3 is 5.32 Å². The molecule has 2 heteroatoms. The van der Waals surface area contributed by atoms with E-state index in [1.807, 2.05) is 0 Å². The van der Waals surface area contributed by atoms with Crippen molar-refractivity contribution in [3.63, 3.8) is 0 Å². The first kappa shape index (κ1) is 19.9. The van der Waals surface area contributed by atoms with E-state index in [0.29, 0.717) is 11.6 Å². The van der Waals surface area contributed by atoms with Gasteiger partial charge >= 0.3 is 0 Å². The molecule has 0 saturated carbocycles. The minimum Gasteiger partial charge on any atom is -0.312 e. The molecule has 0 aromatic heterocycles. The number of nitrogens with one attached hydrogen (secondary N) is 1. The molecule has 0 radical (unpaired) electrons. The van der Waals surface area contributed by atoms with Crippen LogP contribution in [0.1, 0.15) is 86.5 Å². The molecule has 0 saturated heterocycles. The fourth-order valence-corrected chi connectivity index (χ4v) is 3.36. The zero-order chi connectivity index (χ0) is 15.4. The molecule has 0 spiro atoms. The predicted octanol–water partition coefficient (Wildman–Crippen LogP) is 4.84. The van der Waals surface area contributed by atoms with Crippen LogP contribution in [0.5, 0.6) is 0 Å². The highest BCUT2D eigenvalue weighted by Crippen LogP contribution is 2.27. The van der Waals surface area contributed by atoms with E-state index in [4.69, 9.17) is 0 Å². The lowest BCUT2D eigenvalue weighted by atomic mass is 9.83. The van der Waals surface area contributed by atoms with Gasteiger partial charge in [-0.1, -0.05) is 60.3 Å². The lowest BCUT2D eigenvalue weighted by molar-refractivity contribution is 0.0656. The highest BCUT2D eigenvalue weighted by Gasteiger charge is 2.35. The number of hydrogen-bond donors (Lipinski definition) is 1. The monoisotopic (exact) mass is 284 g/mol. The van der Waals surface area contributed by atoms with Crippen LogP contribution in [0.4, 0.5) is 0 Å². The van der Waals surface area contributed by atoms with E-state index in [1.54, 1.807) is 0 Å². The maximum absolute atomic E-state index is 3.85. The molecule has 0 fully saturated rings. The molecule has 2 unspecified atom stereocenters. The van der Waals surface area contributed by atoms with Gasteiger partial charge in [-0.05, 0) is 45.8 Å². The van der Waals surface area contributed by atoms with Crippen molar-refractivity contribution in [2.75, 3.05) is 19.6 Å². The molecular weight excluding hydrogens is 244 g/mol. The van der Waals surface area contributed by atoms with Crippen molar-refractivity contribution in [3.05, 3.63) is 0 Å². The van der Waals surface area contributed by atoms with Gasteiger partial charge in [0.1, 0.15) is 0 Å². The molecule has 20 heavy (non-hydrogen) atoms. The molecule has 0 aromatic carbocycles. The lowest BCUT2D eigenvalue weighted by Gasteiger charge is -2.46. The Kier molecular flexibility index (Phi) is 11.5. The number of nitrogens with zero attached hydrogens (tertiary/aromatic N) is 1. The topological polar surface area (TPSA) is 15.3 Å². The summed E-state index contributed by atoms with van der Waals surface area (Å²) in [5.41, 5.74) is 0.297. The van der Waals surface area contributed by atoms with Crippen LogP contribution in [0, 0.1) is 0 Å². The zero-order valence-corrected chi connectivity index (χ0v) is 15.1. The quantitative estimate of drug-likeness (QED) is 0.487. The Hall–Kier alpha value is -0.0800. The summed E-state index contributed by atoms with van der Waals surface area (Å²) in [6.45, 7) is 17.4. The maximum atomic E-state index is 3.85. The van der Waals surface area contributed by atoms with Crippen LogP contribution in [-0.2, 0) is 0 Å². The average Bonchev–Trinajstić information content (AvgIpc) is 2.47. The summed E-state index contributed by atoms with van der Waals surface area (Å²) in [4.78, 5) is 2.65. The third-order valence-corrected chi connectivity index (χ3v) is 4.94. The molecule has 0 amide bonds. The van der Waals surface area contributed by atoms with E-state index >= 15 is 0 Å². The first-order chi connectivity index (χ1) is 9.60. The SMILES string of the molecule is CCCCCCC(NCCC)C(C)(CC)N(CC)CC. The van der Waals surface area contributed by atoms with E-state index in [0.717, 1.165) is 19.6 Å². The third-order valence-electron chi connectivity index (χ3n) is 4.94. The van der Waals surface area contributed by atoms with E-state index in [9.17, 15) is 0 Å². The molecule has 1 N–H and O–H groups in total. The van der Waals surface area contributed by atoms with Gasteiger partial charge in [0.05, 0.1) is 0 Å². The minimum atomic E-state index is 0.297. The summed E-state index contributed by atoms with van der Waals surface area (Å²) in [7, 11) is 0. The van der Waals surface area contributed by atoms with Gasteiger partial charge in [0.2, 0.25) is 0 Å². The van der Waals surface area contributed by atoms with Crippen molar-refractivity contribution in [1.29, 1.82) is 0 Å². The normalized spacial score (nSPS) is 16.4. The van der Waals surface area contributed by atoms with Crippen LogP contribution in [0.15, 0.2) is 0 Å². The van der Waals surface area contributed by atoms with Crippen LogP contribution < -0.4 is 5.32 Å². The molecule has 0 aromatic rings. The van der Waals surface area contributed by atoms with E-state index in [2.05, 4.69) is 51.8 Å². The van der Waals surface area contributed by atoms with Gasteiger partial charge in [0.15, 0.2) is 0 Å². The van der Waals surface area contributed by atoms with Gasteiger partial charge in [-0.3, -0.25) is 4.90 Å². The molecule has 0 aliphatic carbocycles. The molecule has 2 atom stereocenters. The van der Waals surface area contributed by atoms with Gasteiger partial charge in [0, 0.05) is 11.6 Å². The van der Waals surface area contributed by atoms with Crippen molar-refractivity contribution in [2.24, 2.45) is 0 Å². The predicted molar refractivity (Wildman–Crippen MR) is 92.5 cm³/mol. The van der Waals surface area contributed by atoms with E-state index in [-0.39, 0.29) is 0 Å². The van der Waals surface area contributed by atoms with E-state index in [1.165, 1.54) is 44.9 Å². The largest absolute Gasteiger partial charge is 0.312 e. The lowest BCUT2D eigenvalue weighted by Crippen LogP contribution is -2.59. The van der Waals surface area contributed by atoms with Crippen LogP contribution >= 0.6 is 0 Å². The van der Waals surface area contributed by atoms with Crippen LogP contribution in [0.2, 0.25) is 0 Å². The average molecular weight is 285 g/mol. The second kappa shape index (κ2) is 11.6. The van der Waals surface area contributed by atoms with Crippen molar-refractivity contribution in [1.82, 2.24) is 10.2 Å². The highest BCUT2D eigenvalue weighted by molar-refractivity contribution is 4.95. The Balaban J connectivity index is 4.74. The molecule has 0 aliphatic heterocycles. The summed E-state index contributed by atoms with van der Waals surface area (Å²) in [6, 6.07) is 0.629. The standard InChI is InChI=1S/C18H40N2/c1-7-12-13-14-15-17(19-16-8-2)18(6,9-3)20(10-4)11-5/h17,19H,7-16H2,1-6H3. The first-order valence-electron chi connectivity index (χ1n) is 9.08. The Morgan fingerprint density at radius 2 is 1.55 bits per heavy atom. The summed E-state index contributed by atoms with van der Waals surface area (Å²) in [6.07, 6.45) is 9.24. The van der Waals surface area contributed by atoms with Crippen molar-refractivity contribution in [3.8, 4) is 0 Å². The number of rotatable bonds is 13. The molecule has 0 rings (SSSR count). The smallest absolute Gasteiger partial charge is 0.0331 e. The molecular formula is C18H40N2. The second-order valence-corrected chi connectivity index (χ2v) is 6.24. The second-order valence-electron chi connectivity index (χ2n) is 6.24. The maximum Gasteiger partial charge on any atom is 0.0331 e. The molecule has 0 bridgehead atoms. The van der Waals surface area contributed by atoms with Gasteiger partial charge in [-0.15, -0.1) is 0 Å². The van der Waals surface area contributed by atoms with Crippen LogP contribution in [-0.4, -0.2) is 36.1 Å². The van der Waals surface area contributed by atoms with Crippen LogP contribution in [0.25, 0.3) is 0 Å². The Labute approximate surface area is 128 Å². The van der Waals surface area contributed by atoms with Crippen molar-refractivity contribution < 1.29 is 0 Å². The summed E-state index contributed by atoms with van der Waals surface area (Å²) in [5.74, 6) is 0. The Morgan fingerprint density at radius 1 is 0.900 bits per heavy atom. The fourth-order valence-electron chi connectivity index (χ4n) is 3.36. The molecule has 0 aliphatic rings.